The second kappa shape index (κ2) is 12.7. The third-order valence-corrected chi connectivity index (χ3v) is 6.75. The minimum Gasteiger partial charge on any atom is -0.481 e. The Bertz CT molecular complexity index is 1220. The Labute approximate surface area is 216 Å². The number of amides is 1. The van der Waals surface area contributed by atoms with Crippen molar-refractivity contribution in [2.75, 3.05) is 13.1 Å². The zero-order chi connectivity index (χ0) is 27.0. The van der Waals surface area contributed by atoms with Gasteiger partial charge in [0.15, 0.2) is 0 Å². The lowest BCUT2D eigenvalue weighted by Gasteiger charge is -2.31. The van der Waals surface area contributed by atoms with Crippen LogP contribution in [0.4, 0.5) is 8.78 Å². The lowest BCUT2D eigenvalue weighted by Crippen LogP contribution is -2.34. The van der Waals surface area contributed by atoms with Crippen LogP contribution in [0.25, 0.3) is 11.0 Å². The van der Waals surface area contributed by atoms with E-state index < -0.39 is 11.9 Å². The molecular formula is C28H34F2N4O3. The number of alkyl halides is 2. The van der Waals surface area contributed by atoms with Crippen LogP contribution in [0.1, 0.15) is 86.3 Å². The van der Waals surface area contributed by atoms with Crippen molar-refractivity contribution < 1.29 is 23.5 Å². The summed E-state index contributed by atoms with van der Waals surface area (Å²) in [6.07, 6.45) is 8.88. The molecule has 1 amide bonds. The molecule has 2 aromatic heterocycles. The number of unbranched alkanes of at least 4 members (excludes halogenated alkanes) is 4. The number of aromatic nitrogens is 2. The van der Waals surface area contributed by atoms with Crippen LogP contribution >= 0.6 is 0 Å². The van der Waals surface area contributed by atoms with E-state index in [1.54, 1.807) is 12.3 Å². The van der Waals surface area contributed by atoms with E-state index in [2.05, 4.69) is 22.9 Å². The maximum absolute atomic E-state index is 13.4. The molecule has 1 N–H and O–H groups in total. The first-order valence-corrected chi connectivity index (χ1v) is 12.9. The number of hydrogen-bond acceptors (Lipinski definition) is 4. The molecule has 0 spiro atoms. The topological polar surface area (TPSA) is 99.2 Å². The summed E-state index contributed by atoms with van der Waals surface area (Å²) in [6, 6.07) is 3.92. The number of fused-ring (bicyclic) bond motifs is 1. The minimum absolute atomic E-state index is 0.0434. The number of carbonyl (C=O) groups is 2. The van der Waals surface area contributed by atoms with Crippen molar-refractivity contribution in [3.63, 3.8) is 0 Å². The summed E-state index contributed by atoms with van der Waals surface area (Å²) in [4.78, 5) is 28.7. The van der Waals surface area contributed by atoms with Gasteiger partial charge in [-0.15, -0.1) is 5.92 Å². The summed E-state index contributed by atoms with van der Waals surface area (Å²) in [7, 11) is 1.94. The highest BCUT2D eigenvalue weighted by Gasteiger charge is 2.44. The molecule has 1 aliphatic heterocycles. The standard InChI is InChI=1S/C26H30F2N4O.C2H4O2/c1-31-22(11-7-5-3-2-4-6-10-19-15-26(27,28)16-19)23(25(33)32-12-8-9-13-32)21-14-20(17-29)18-30-24(21)31;1-2(3)4/h14,18-19H,2-5,7-9,11-13,15-16H2,1H3;1H3,(H,3,4). The molecule has 0 radical (unpaired) electrons. The molecule has 7 nitrogen and oxygen atoms in total. The highest BCUT2D eigenvalue weighted by Crippen LogP contribution is 2.41. The van der Waals surface area contributed by atoms with Gasteiger partial charge in [0.05, 0.1) is 11.1 Å². The van der Waals surface area contributed by atoms with Gasteiger partial charge < -0.3 is 14.6 Å². The zero-order valence-corrected chi connectivity index (χ0v) is 21.5. The normalized spacial score (nSPS) is 16.2. The molecule has 0 unspecified atom stereocenters. The number of halogens is 2. The van der Waals surface area contributed by atoms with Crippen LogP contribution in [0.2, 0.25) is 0 Å². The van der Waals surface area contributed by atoms with Crippen molar-refractivity contribution in [1.29, 1.82) is 5.26 Å². The number of nitriles is 1. The summed E-state index contributed by atoms with van der Waals surface area (Å²) in [6.45, 7) is 2.64. The molecule has 4 rings (SSSR count). The molecule has 2 fully saturated rings. The van der Waals surface area contributed by atoms with E-state index in [0.29, 0.717) is 11.1 Å². The van der Waals surface area contributed by atoms with Gasteiger partial charge in [-0.2, -0.15) is 5.26 Å². The number of nitrogens with zero attached hydrogens (tertiary/aromatic N) is 4. The third-order valence-electron chi connectivity index (χ3n) is 6.75. The van der Waals surface area contributed by atoms with Gasteiger partial charge in [0, 0.05) is 69.5 Å². The molecule has 3 heterocycles. The summed E-state index contributed by atoms with van der Waals surface area (Å²) < 4.78 is 27.7. The maximum atomic E-state index is 13.4. The van der Waals surface area contributed by atoms with E-state index in [4.69, 9.17) is 9.90 Å². The lowest BCUT2D eigenvalue weighted by atomic mass is 9.82. The molecule has 1 saturated heterocycles. The first-order valence-electron chi connectivity index (χ1n) is 12.9. The van der Waals surface area contributed by atoms with E-state index in [1.165, 1.54) is 0 Å². The highest BCUT2D eigenvalue weighted by molar-refractivity contribution is 6.08. The predicted molar refractivity (Wildman–Crippen MR) is 136 cm³/mol. The summed E-state index contributed by atoms with van der Waals surface area (Å²) in [5, 5.41) is 17.5. The molecule has 198 valence electrons. The van der Waals surface area contributed by atoms with Crippen molar-refractivity contribution in [2.24, 2.45) is 13.0 Å². The highest BCUT2D eigenvalue weighted by atomic mass is 19.3. The Morgan fingerprint density at radius 2 is 1.84 bits per heavy atom. The van der Waals surface area contributed by atoms with Gasteiger partial charge in [-0.1, -0.05) is 18.8 Å². The fourth-order valence-electron chi connectivity index (χ4n) is 4.87. The first-order chi connectivity index (χ1) is 17.6. The largest absolute Gasteiger partial charge is 0.481 e. The fourth-order valence-corrected chi connectivity index (χ4v) is 4.87. The van der Waals surface area contributed by atoms with Gasteiger partial charge in [-0.05, 0) is 38.2 Å². The molecule has 9 heteroatoms. The Hall–Kier alpha value is -3.46. The fraction of sp³-hybridized carbons (Fsp3) is 0.571. The second-order valence-electron chi connectivity index (χ2n) is 9.80. The van der Waals surface area contributed by atoms with E-state index in [9.17, 15) is 18.8 Å². The number of rotatable bonds is 7. The number of aliphatic carboxylic acids is 1. The smallest absolute Gasteiger partial charge is 0.300 e. The zero-order valence-electron chi connectivity index (χ0n) is 21.5. The van der Waals surface area contributed by atoms with E-state index in [0.717, 1.165) is 88.1 Å². The van der Waals surface area contributed by atoms with Crippen LogP contribution in [0.5, 0.6) is 0 Å². The summed E-state index contributed by atoms with van der Waals surface area (Å²) >= 11 is 0. The van der Waals surface area contributed by atoms with Crippen LogP contribution in [-0.4, -0.2) is 50.4 Å². The number of carboxylic acids is 1. The predicted octanol–water partition coefficient (Wildman–Crippen LogP) is 5.31. The van der Waals surface area contributed by atoms with Crippen molar-refractivity contribution in [3.8, 4) is 17.9 Å². The summed E-state index contributed by atoms with van der Waals surface area (Å²) in [5.74, 6) is 2.60. The second-order valence-corrected chi connectivity index (χ2v) is 9.80. The molecule has 37 heavy (non-hydrogen) atoms. The first kappa shape index (κ1) is 28.1. The van der Waals surface area contributed by atoms with Crippen molar-refractivity contribution >= 4 is 22.9 Å². The van der Waals surface area contributed by atoms with E-state index in [-0.39, 0.29) is 24.7 Å². The Balaban J connectivity index is 0.000000886. The average Bonchev–Trinajstić information content (AvgIpc) is 3.45. The number of carbonyl (C=O) groups excluding carboxylic acids is 1. The Morgan fingerprint density at radius 1 is 1.19 bits per heavy atom. The molecule has 0 bridgehead atoms. The van der Waals surface area contributed by atoms with Crippen LogP contribution < -0.4 is 0 Å². The van der Waals surface area contributed by atoms with Crippen molar-refractivity contribution in [1.82, 2.24) is 14.5 Å². The lowest BCUT2D eigenvalue weighted by molar-refractivity contribution is -0.134. The summed E-state index contributed by atoms with van der Waals surface area (Å²) in [5.41, 5.74) is 2.88. The van der Waals surface area contributed by atoms with E-state index >= 15 is 0 Å². The Morgan fingerprint density at radius 3 is 2.46 bits per heavy atom. The molecule has 2 aromatic rings. The van der Waals surface area contributed by atoms with Gasteiger partial charge in [0.2, 0.25) is 0 Å². The monoisotopic (exact) mass is 512 g/mol. The average molecular weight is 513 g/mol. The van der Waals surface area contributed by atoms with Gasteiger partial charge >= 0.3 is 0 Å². The SMILES string of the molecule is CC(=O)O.Cn1c(CCCCCCC#CC2CC(F)(F)C2)c(C(=O)N2CCCC2)c2cc(C#N)cnc21. The molecule has 0 atom stereocenters. The van der Waals surface area contributed by atoms with Crippen LogP contribution in [0.15, 0.2) is 12.3 Å². The number of pyridine rings is 1. The number of aryl methyl sites for hydroxylation is 1. The van der Waals surface area contributed by atoms with Crippen molar-refractivity contribution in [2.45, 2.75) is 77.1 Å². The molecule has 2 aliphatic rings. The molecule has 1 saturated carbocycles. The van der Waals surface area contributed by atoms with Gasteiger partial charge in [-0.3, -0.25) is 9.59 Å². The quantitative estimate of drug-likeness (QED) is 0.400. The number of likely N-dealkylation sites (tertiary alicyclic amines) is 1. The van der Waals surface area contributed by atoms with Gasteiger partial charge in [-0.25, -0.2) is 13.8 Å². The molecular weight excluding hydrogens is 478 g/mol. The number of hydrogen-bond donors (Lipinski definition) is 1. The van der Waals surface area contributed by atoms with Crippen LogP contribution in [0.3, 0.4) is 0 Å². The van der Waals surface area contributed by atoms with Crippen LogP contribution in [0, 0.1) is 29.1 Å². The maximum Gasteiger partial charge on any atom is 0.300 e. The van der Waals surface area contributed by atoms with E-state index in [1.807, 2.05) is 16.5 Å². The minimum atomic E-state index is -2.50. The Kier molecular flexibility index (Phi) is 9.63. The third kappa shape index (κ3) is 7.52. The molecule has 1 aliphatic carbocycles. The molecule has 0 aromatic carbocycles. The van der Waals surface area contributed by atoms with Crippen LogP contribution in [-0.2, 0) is 18.3 Å². The number of carboxylic acid groups (broad SMARTS) is 1. The van der Waals surface area contributed by atoms with Crippen molar-refractivity contribution in [3.05, 3.63) is 29.1 Å². The van der Waals surface area contributed by atoms with Gasteiger partial charge in [0.25, 0.3) is 17.8 Å². The van der Waals surface area contributed by atoms with Gasteiger partial charge in [0.1, 0.15) is 11.7 Å².